The summed E-state index contributed by atoms with van der Waals surface area (Å²) in [6.07, 6.45) is 0.855. The number of carbonyl (C=O) groups excluding carboxylic acids is 3. The summed E-state index contributed by atoms with van der Waals surface area (Å²) >= 11 is 0. The van der Waals surface area contributed by atoms with E-state index in [-0.39, 0.29) is 33.2 Å². The summed E-state index contributed by atoms with van der Waals surface area (Å²) in [6.45, 7) is 24.3. The molecular weight excluding hydrogens is 590 g/mol. The van der Waals surface area contributed by atoms with Crippen molar-refractivity contribution in [3.8, 4) is 0 Å². The van der Waals surface area contributed by atoms with E-state index in [1.807, 2.05) is 83.1 Å². The Hall–Kier alpha value is -2.24. The van der Waals surface area contributed by atoms with Gasteiger partial charge < -0.3 is 35.3 Å². The number of nitrogens with one attached hydrogen (secondary N) is 3. The molecule has 0 aromatic rings. The molecule has 0 aromatic carbocycles. The number of carbonyl (C=O) groups is 4. The van der Waals surface area contributed by atoms with Crippen LogP contribution in [-0.2, 0) is 33.4 Å². The molecule has 2 atom stereocenters. The Morgan fingerprint density at radius 3 is 1.07 bits per heavy atom. The zero-order valence-electron chi connectivity index (χ0n) is 30.3. The molecule has 2 unspecified atom stereocenters. The molecule has 0 radical (unpaired) electrons. The van der Waals surface area contributed by atoms with Crippen molar-refractivity contribution in [3.05, 3.63) is 0 Å². The smallest absolute Gasteiger partial charge is 0.310 e. The first-order valence-electron chi connectivity index (χ1n) is 16.9. The molecule has 11 heteroatoms. The fourth-order valence-electron chi connectivity index (χ4n) is 8.81. The van der Waals surface area contributed by atoms with Crippen LogP contribution in [-0.4, -0.2) is 80.5 Å². The Labute approximate surface area is 276 Å². The lowest BCUT2D eigenvalue weighted by atomic mass is 9.80. The summed E-state index contributed by atoms with van der Waals surface area (Å²) in [5, 5.41) is 21.0. The molecule has 3 saturated heterocycles. The second-order valence-electron chi connectivity index (χ2n) is 18.1. The van der Waals surface area contributed by atoms with Gasteiger partial charge >= 0.3 is 23.9 Å². The fraction of sp³-hybridized carbons (Fsp3) is 0.886. The van der Waals surface area contributed by atoms with E-state index in [9.17, 15) is 24.3 Å². The van der Waals surface area contributed by atoms with Crippen LogP contribution in [0, 0.1) is 11.8 Å². The van der Waals surface area contributed by atoms with Crippen molar-refractivity contribution in [2.24, 2.45) is 11.8 Å². The Kier molecular flexibility index (Phi) is 11.1. The number of piperidine rings is 3. The van der Waals surface area contributed by atoms with Gasteiger partial charge in [-0.3, -0.25) is 19.2 Å². The Morgan fingerprint density at radius 2 is 0.783 bits per heavy atom. The van der Waals surface area contributed by atoms with Crippen molar-refractivity contribution in [2.75, 3.05) is 0 Å². The Balaban J connectivity index is 1.82. The summed E-state index contributed by atoms with van der Waals surface area (Å²) in [7, 11) is 0. The van der Waals surface area contributed by atoms with Crippen LogP contribution in [0.4, 0.5) is 0 Å². The van der Waals surface area contributed by atoms with E-state index in [0.29, 0.717) is 38.5 Å². The van der Waals surface area contributed by atoms with Gasteiger partial charge in [-0.1, -0.05) is 0 Å². The molecule has 11 nitrogen and oxygen atoms in total. The summed E-state index contributed by atoms with van der Waals surface area (Å²) < 4.78 is 17.7. The van der Waals surface area contributed by atoms with Gasteiger partial charge in [-0.2, -0.15) is 0 Å². The molecule has 46 heavy (non-hydrogen) atoms. The van der Waals surface area contributed by atoms with Gasteiger partial charge in [0.2, 0.25) is 0 Å². The average molecular weight is 652 g/mol. The first-order chi connectivity index (χ1) is 20.7. The number of aliphatic carboxylic acids is 1. The molecule has 4 N–H and O–H groups in total. The van der Waals surface area contributed by atoms with Crippen molar-refractivity contribution in [1.82, 2.24) is 16.0 Å². The predicted molar refractivity (Wildman–Crippen MR) is 175 cm³/mol. The monoisotopic (exact) mass is 651 g/mol. The standard InChI is InChI=1S/C35H61N3O8/c1-30(2)15-21(16-31(3,4)36-30)44-26(39)13-24(28(41)42)25(29(43)46-23-19-34(9,10)38-35(11,12)20-23)14-27(40)45-22-17-32(5,6)37-33(7,8)18-22/h21-25,36-38H,13-20H2,1-12H3,(H,41,42). The van der Waals surface area contributed by atoms with Crippen LogP contribution in [0.15, 0.2) is 0 Å². The van der Waals surface area contributed by atoms with Gasteiger partial charge in [-0.05, 0) is 83.1 Å². The molecule has 0 amide bonds. The van der Waals surface area contributed by atoms with Crippen molar-refractivity contribution in [1.29, 1.82) is 0 Å². The molecule has 3 rings (SSSR count). The maximum Gasteiger partial charge on any atom is 0.310 e. The highest BCUT2D eigenvalue weighted by Gasteiger charge is 2.46. The molecule has 0 spiro atoms. The minimum absolute atomic E-state index is 0.287. The van der Waals surface area contributed by atoms with Gasteiger partial charge in [0, 0.05) is 71.8 Å². The SMILES string of the molecule is CC1(C)CC(OC(=O)CC(C(=O)O)C(CC(=O)OC2CC(C)(C)NC(C)(C)C2)C(=O)OC2CC(C)(C)NC(C)(C)C2)CC(C)(C)N1. The Bertz CT molecular complexity index is 1110. The number of carboxylic acid groups (broad SMARTS) is 1. The second kappa shape index (κ2) is 13.3. The number of rotatable bonds is 10. The van der Waals surface area contributed by atoms with Crippen LogP contribution in [0.3, 0.4) is 0 Å². The van der Waals surface area contributed by atoms with E-state index in [4.69, 9.17) is 14.2 Å². The van der Waals surface area contributed by atoms with E-state index in [1.165, 1.54) is 0 Å². The zero-order valence-corrected chi connectivity index (χ0v) is 30.3. The van der Waals surface area contributed by atoms with Crippen LogP contribution in [0.25, 0.3) is 0 Å². The highest BCUT2D eigenvalue weighted by Crippen LogP contribution is 2.35. The van der Waals surface area contributed by atoms with E-state index in [1.54, 1.807) is 0 Å². The zero-order chi connectivity index (χ0) is 35.1. The van der Waals surface area contributed by atoms with Gasteiger partial charge in [-0.15, -0.1) is 0 Å². The molecule has 3 aliphatic rings. The molecule has 3 aliphatic heterocycles. The minimum Gasteiger partial charge on any atom is -0.481 e. The third-order valence-electron chi connectivity index (χ3n) is 9.22. The second-order valence-corrected chi connectivity index (χ2v) is 18.1. The fourth-order valence-corrected chi connectivity index (χ4v) is 8.81. The lowest BCUT2D eigenvalue weighted by molar-refractivity contribution is -0.173. The maximum atomic E-state index is 13.9. The van der Waals surface area contributed by atoms with Gasteiger partial charge in [0.15, 0.2) is 0 Å². The summed E-state index contributed by atoms with van der Waals surface area (Å²) in [5.41, 5.74) is -1.81. The first kappa shape index (κ1) is 38.2. The van der Waals surface area contributed by atoms with Gasteiger partial charge in [0.25, 0.3) is 0 Å². The maximum absolute atomic E-state index is 13.9. The molecule has 0 aliphatic carbocycles. The van der Waals surface area contributed by atoms with Gasteiger partial charge in [-0.25, -0.2) is 0 Å². The molecule has 0 bridgehead atoms. The molecule has 3 fully saturated rings. The largest absolute Gasteiger partial charge is 0.481 e. The van der Waals surface area contributed by atoms with Crippen LogP contribution >= 0.6 is 0 Å². The first-order valence-corrected chi connectivity index (χ1v) is 16.9. The molecule has 0 aromatic heterocycles. The van der Waals surface area contributed by atoms with Crippen LogP contribution in [0.2, 0.25) is 0 Å². The number of ether oxygens (including phenoxy) is 3. The number of hydrogen-bond donors (Lipinski definition) is 4. The molecule has 3 heterocycles. The van der Waals surface area contributed by atoms with Crippen LogP contribution < -0.4 is 16.0 Å². The predicted octanol–water partition coefficient (Wildman–Crippen LogP) is 4.64. The molecule has 0 saturated carbocycles. The third kappa shape index (κ3) is 11.5. The van der Waals surface area contributed by atoms with Crippen molar-refractivity contribution >= 4 is 23.9 Å². The quantitative estimate of drug-likeness (QED) is 0.193. The third-order valence-corrected chi connectivity index (χ3v) is 9.22. The van der Waals surface area contributed by atoms with Crippen LogP contribution in [0.5, 0.6) is 0 Å². The molecular formula is C35H61N3O8. The lowest BCUT2D eigenvalue weighted by Gasteiger charge is -2.46. The van der Waals surface area contributed by atoms with Gasteiger partial charge in [0.1, 0.15) is 18.3 Å². The highest BCUT2D eigenvalue weighted by molar-refractivity contribution is 5.88. The van der Waals surface area contributed by atoms with Crippen molar-refractivity contribution in [3.63, 3.8) is 0 Å². The average Bonchev–Trinajstić information content (AvgIpc) is 2.74. The van der Waals surface area contributed by atoms with E-state index < -0.39 is 66.9 Å². The van der Waals surface area contributed by atoms with Crippen LogP contribution in [0.1, 0.15) is 134 Å². The normalized spacial score (nSPS) is 26.7. The summed E-state index contributed by atoms with van der Waals surface area (Å²) in [5.74, 6) is -6.55. The minimum atomic E-state index is -1.53. The lowest BCUT2D eigenvalue weighted by Crippen LogP contribution is -2.60. The summed E-state index contributed by atoms with van der Waals surface area (Å²) in [4.78, 5) is 53.3. The van der Waals surface area contributed by atoms with E-state index in [0.717, 1.165) is 0 Å². The Morgan fingerprint density at radius 1 is 0.522 bits per heavy atom. The highest BCUT2D eigenvalue weighted by atomic mass is 16.6. The summed E-state index contributed by atoms with van der Waals surface area (Å²) in [6, 6.07) is 0. The van der Waals surface area contributed by atoms with Crippen molar-refractivity contribution in [2.45, 2.75) is 186 Å². The van der Waals surface area contributed by atoms with Crippen molar-refractivity contribution < 1.29 is 38.5 Å². The van der Waals surface area contributed by atoms with E-state index >= 15 is 0 Å². The topological polar surface area (TPSA) is 152 Å². The number of esters is 3. The number of carboxylic acids is 1. The van der Waals surface area contributed by atoms with Gasteiger partial charge in [0.05, 0.1) is 24.7 Å². The molecule has 264 valence electrons. The van der Waals surface area contributed by atoms with E-state index in [2.05, 4.69) is 16.0 Å². The number of hydrogen-bond acceptors (Lipinski definition) is 10.